The Hall–Kier alpha value is -0.570. The maximum absolute atomic E-state index is 11.5. The Morgan fingerprint density at radius 2 is 1.86 bits per heavy atom. The lowest BCUT2D eigenvalue weighted by Crippen LogP contribution is -2.41. The van der Waals surface area contributed by atoms with E-state index in [2.05, 4.69) is 13.8 Å². The van der Waals surface area contributed by atoms with Crippen molar-refractivity contribution >= 4 is 5.97 Å². The third kappa shape index (κ3) is 6.89. The van der Waals surface area contributed by atoms with Gasteiger partial charge in [-0.3, -0.25) is 0 Å². The van der Waals surface area contributed by atoms with Crippen LogP contribution in [0, 0.1) is 0 Å². The van der Waals surface area contributed by atoms with E-state index in [1.54, 1.807) is 0 Å². The van der Waals surface area contributed by atoms with E-state index in [1.165, 1.54) is 0 Å². The maximum Gasteiger partial charge on any atom is 0.362 e. The van der Waals surface area contributed by atoms with Crippen LogP contribution in [0.5, 0.6) is 0 Å². The summed E-state index contributed by atoms with van der Waals surface area (Å²) in [6, 6.07) is 0. The molecule has 0 rings (SSSR count). The van der Waals surface area contributed by atoms with Crippen molar-refractivity contribution in [3.05, 3.63) is 0 Å². The normalized spacial score (nSPS) is 13.8. The first kappa shape index (κ1) is 13.4. The predicted octanol–water partition coefficient (Wildman–Crippen LogP) is 1.81. The number of quaternary nitrogens is 1. The Morgan fingerprint density at radius 1 is 1.29 bits per heavy atom. The van der Waals surface area contributed by atoms with Gasteiger partial charge in [-0.15, -0.1) is 0 Å². The molecule has 0 amide bonds. The Kier molecular flexibility index (Phi) is 5.77. The molecule has 0 aliphatic heterocycles. The molecule has 3 nitrogen and oxygen atoms in total. The fourth-order valence-corrected chi connectivity index (χ4v) is 1.28. The van der Waals surface area contributed by atoms with Crippen molar-refractivity contribution in [2.75, 3.05) is 27.7 Å². The summed E-state index contributed by atoms with van der Waals surface area (Å²) in [6.07, 6.45) is 3.06. The lowest BCUT2D eigenvalue weighted by atomic mass is 10.2. The fourth-order valence-electron chi connectivity index (χ4n) is 1.28. The highest BCUT2D eigenvalue weighted by Gasteiger charge is 2.18. The Labute approximate surface area is 87.6 Å². The van der Waals surface area contributed by atoms with Gasteiger partial charge in [0.25, 0.3) is 0 Å². The van der Waals surface area contributed by atoms with Gasteiger partial charge in [0.15, 0.2) is 6.54 Å². The second-order valence-corrected chi connectivity index (χ2v) is 4.76. The molecule has 0 radical (unpaired) electrons. The fraction of sp³-hybridized carbons (Fsp3) is 0.909. The molecule has 0 aromatic carbocycles. The minimum absolute atomic E-state index is 0.0854. The number of esters is 1. The highest BCUT2D eigenvalue weighted by molar-refractivity contribution is 5.70. The lowest BCUT2D eigenvalue weighted by molar-refractivity contribution is -0.862. The van der Waals surface area contributed by atoms with Gasteiger partial charge < -0.3 is 9.22 Å². The second kappa shape index (κ2) is 6.02. The van der Waals surface area contributed by atoms with Gasteiger partial charge in [0.1, 0.15) is 6.10 Å². The number of carbonyl (C=O) groups is 1. The van der Waals surface area contributed by atoms with Crippen LogP contribution in [0.25, 0.3) is 0 Å². The van der Waals surface area contributed by atoms with Crippen LogP contribution in [0.3, 0.4) is 0 Å². The first-order valence-corrected chi connectivity index (χ1v) is 5.39. The molecule has 84 valence electrons. The average Bonchev–Trinajstić information content (AvgIpc) is 2.00. The summed E-state index contributed by atoms with van der Waals surface area (Å²) >= 11 is 0. The standard InChI is InChI=1S/C11H24NO2/c1-6-8-10(7-2)14-11(13)9-12(3,4)5/h10H,6-9H2,1-5H3/q+1. The van der Waals surface area contributed by atoms with E-state index < -0.39 is 0 Å². The van der Waals surface area contributed by atoms with E-state index in [0.29, 0.717) is 11.0 Å². The minimum Gasteiger partial charge on any atom is -0.458 e. The monoisotopic (exact) mass is 202 g/mol. The van der Waals surface area contributed by atoms with Gasteiger partial charge in [-0.1, -0.05) is 20.3 Å². The summed E-state index contributed by atoms with van der Waals surface area (Å²) < 4.78 is 5.99. The van der Waals surface area contributed by atoms with Crippen LogP contribution in [0.15, 0.2) is 0 Å². The van der Waals surface area contributed by atoms with Crippen LogP contribution >= 0.6 is 0 Å². The van der Waals surface area contributed by atoms with Crippen molar-refractivity contribution in [3.63, 3.8) is 0 Å². The van der Waals surface area contributed by atoms with Gasteiger partial charge in [0.2, 0.25) is 0 Å². The van der Waals surface area contributed by atoms with Gasteiger partial charge in [-0.25, -0.2) is 4.79 Å². The number of ether oxygens (including phenoxy) is 1. The first-order chi connectivity index (χ1) is 6.39. The quantitative estimate of drug-likeness (QED) is 0.485. The maximum atomic E-state index is 11.5. The molecule has 0 heterocycles. The molecule has 0 bridgehead atoms. The van der Waals surface area contributed by atoms with E-state index in [0.717, 1.165) is 19.3 Å². The van der Waals surface area contributed by atoms with Crippen molar-refractivity contribution in [3.8, 4) is 0 Å². The molecule has 0 aliphatic rings. The molecule has 1 atom stereocenters. The van der Waals surface area contributed by atoms with Crippen LogP contribution < -0.4 is 0 Å². The van der Waals surface area contributed by atoms with Gasteiger partial charge in [0.05, 0.1) is 21.1 Å². The highest BCUT2D eigenvalue weighted by Crippen LogP contribution is 2.07. The molecular formula is C11H24NO2+. The second-order valence-electron chi connectivity index (χ2n) is 4.76. The molecule has 0 fully saturated rings. The number of likely N-dealkylation sites (N-methyl/N-ethyl adjacent to an activating group) is 1. The number of nitrogens with zero attached hydrogens (tertiary/aromatic N) is 1. The van der Waals surface area contributed by atoms with E-state index in [-0.39, 0.29) is 12.1 Å². The van der Waals surface area contributed by atoms with Gasteiger partial charge >= 0.3 is 5.97 Å². The van der Waals surface area contributed by atoms with Crippen molar-refractivity contribution in [1.82, 2.24) is 0 Å². The lowest BCUT2D eigenvalue weighted by Gasteiger charge is -2.24. The molecule has 0 saturated heterocycles. The van der Waals surface area contributed by atoms with Crippen LogP contribution in [0.1, 0.15) is 33.1 Å². The van der Waals surface area contributed by atoms with Gasteiger partial charge in [0, 0.05) is 0 Å². The van der Waals surface area contributed by atoms with E-state index in [1.807, 2.05) is 21.1 Å². The molecule has 0 aliphatic carbocycles. The SMILES string of the molecule is CCCC(CC)OC(=O)C[N+](C)(C)C. The van der Waals surface area contributed by atoms with E-state index in [9.17, 15) is 4.79 Å². The molecule has 0 aromatic rings. The third-order valence-corrected chi connectivity index (χ3v) is 1.97. The third-order valence-electron chi connectivity index (χ3n) is 1.97. The zero-order valence-electron chi connectivity index (χ0n) is 10.2. The molecule has 0 saturated carbocycles. The minimum atomic E-state index is -0.0854. The molecule has 14 heavy (non-hydrogen) atoms. The highest BCUT2D eigenvalue weighted by atomic mass is 16.5. The van der Waals surface area contributed by atoms with Gasteiger partial charge in [-0.05, 0) is 12.8 Å². The van der Waals surface area contributed by atoms with Crippen LogP contribution in [-0.4, -0.2) is 44.2 Å². The first-order valence-electron chi connectivity index (χ1n) is 5.39. The summed E-state index contributed by atoms with van der Waals surface area (Å²) in [5, 5.41) is 0. The summed E-state index contributed by atoms with van der Waals surface area (Å²) in [5.41, 5.74) is 0. The number of rotatable bonds is 6. The molecule has 3 heteroatoms. The Bertz CT molecular complexity index is 173. The smallest absolute Gasteiger partial charge is 0.362 e. The zero-order valence-corrected chi connectivity index (χ0v) is 10.2. The largest absolute Gasteiger partial charge is 0.458 e. The zero-order chi connectivity index (χ0) is 11.2. The molecular weight excluding hydrogens is 178 g/mol. The molecule has 0 aromatic heterocycles. The van der Waals surface area contributed by atoms with E-state index in [4.69, 9.17) is 4.74 Å². The topological polar surface area (TPSA) is 26.3 Å². The summed E-state index contributed by atoms with van der Waals surface area (Å²) in [6.45, 7) is 4.61. The predicted molar refractivity (Wildman–Crippen MR) is 58.0 cm³/mol. The molecule has 0 N–H and O–H groups in total. The van der Waals surface area contributed by atoms with Crippen LogP contribution in [0.4, 0.5) is 0 Å². The van der Waals surface area contributed by atoms with Crippen molar-refractivity contribution in [2.45, 2.75) is 39.2 Å². The number of hydrogen-bond donors (Lipinski definition) is 0. The van der Waals surface area contributed by atoms with Crippen LogP contribution in [-0.2, 0) is 9.53 Å². The average molecular weight is 202 g/mol. The number of carbonyl (C=O) groups excluding carboxylic acids is 1. The summed E-state index contributed by atoms with van der Waals surface area (Å²) in [5.74, 6) is -0.0854. The summed E-state index contributed by atoms with van der Waals surface area (Å²) in [7, 11) is 5.96. The summed E-state index contributed by atoms with van der Waals surface area (Å²) in [4.78, 5) is 11.5. The van der Waals surface area contributed by atoms with Crippen molar-refractivity contribution in [2.24, 2.45) is 0 Å². The van der Waals surface area contributed by atoms with Crippen molar-refractivity contribution in [1.29, 1.82) is 0 Å². The molecule has 0 spiro atoms. The number of hydrogen-bond acceptors (Lipinski definition) is 2. The Morgan fingerprint density at radius 3 is 2.21 bits per heavy atom. The van der Waals surface area contributed by atoms with Gasteiger partial charge in [-0.2, -0.15) is 0 Å². The van der Waals surface area contributed by atoms with E-state index >= 15 is 0 Å². The Balaban J connectivity index is 3.91. The van der Waals surface area contributed by atoms with Crippen LogP contribution in [0.2, 0.25) is 0 Å². The molecule has 1 unspecified atom stereocenters. The van der Waals surface area contributed by atoms with Crippen molar-refractivity contribution < 1.29 is 14.0 Å².